The molecule has 0 saturated carbocycles. The van der Waals surface area contributed by atoms with Crippen LogP contribution in [-0.4, -0.2) is 37.1 Å². The summed E-state index contributed by atoms with van der Waals surface area (Å²) in [6.45, 7) is -1.24. The highest BCUT2D eigenvalue weighted by Gasteiger charge is 2.28. The summed E-state index contributed by atoms with van der Waals surface area (Å²) in [5, 5.41) is 3.21. The first kappa shape index (κ1) is 21.1. The second-order valence-corrected chi connectivity index (χ2v) is 6.06. The molecule has 0 aliphatic carbocycles. The molecule has 1 aliphatic rings. The molecule has 8 heteroatoms. The number of carbonyl (C=O) groups excluding carboxylic acids is 1. The zero-order chi connectivity index (χ0) is 18.5. The molecule has 3 rings (SSSR count). The van der Waals surface area contributed by atoms with Crippen molar-refractivity contribution in [1.29, 1.82) is 0 Å². The lowest BCUT2D eigenvalue weighted by atomic mass is 10.0. The lowest BCUT2D eigenvalue weighted by molar-refractivity contribution is -0.133. The van der Waals surface area contributed by atoms with Crippen LogP contribution in [0.4, 0.5) is 13.2 Å². The second-order valence-electron chi connectivity index (χ2n) is 6.06. The first-order chi connectivity index (χ1) is 12.5. The third-order valence-electron chi connectivity index (χ3n) is 4.28. The smallest absolute Gasteiger partial charge is 0.387 e. The number of ether oxygens (including phenoxy) is 1. The van der Waals surface area contributed by atoms with Crippen LogP contribution in [0.5, 0.6) is 5.75 Å². The van der Waals surface area contributed by atoms with E-state index in [9.17, 15) is 18.0 Å². The van der Waals surface area contributed by atoms with Crippen molar-refractivity contribution in [2.75, 3.05) is 19.6 Å². The van der Waals surface area contributed by atoms with Gasteiger partial charge in [0, 0.05) is 19.6 Å². The highest BCUT2D eigenvalue weighted by molar-refractivity contribution is 5.85. The first-order valence-corrected chi connectivity index (χ1v) is 8.32. The fourth-order valence-corrected chi connectivity index (χ4v) is 3.12. The van der Waals surface area contributed by atoms with Crippen molar-refractivity contribution in [3.8, 4) is 5.75 Å². The van der Waals surface area contributed by atoms with Crippen molar-refractivity contribution in [3.05, 3.63) is 65.5 Å². The van der Waals surface area contributed by atoms with E-state index in [2.05, 4.69) is 10.1 Å². The van der Waals surface area contributed by atoms with Gasteiger partial charge < -0.3 is 15.0 Å². The molecule has 0 radical (unpaired) electrons. The fraction of sp³-hybridized carbons (Fsp3) is 0.316. The van der Waals surface area contributed by atoms with Crippen molar-refractivity contribution in [3.63, 3.8) is 0 Å². The van der Waals surface area contributed by atoms with Crippen LogP contribution in [0.25, 0.3) is 0 Å². The van der Waals surface area contributed by atoms with Gasteiger partial charge in [-0.05, 0) is 35.4 Å². The van der Waals surface area contributed by atoms with Crippen molar-refractivity contribution in [2.45, 2.75) is 19.1 Å². The highest BCUT2D eigenvalue weighted by Crippen LogP contribution is 2.24. The van der Waals surface area contributed by atoms with Gasteiger partial charge in [0.15, 0.2) is 0 Å². The van der Waals surface area contributed by atoms with Gasteiger partial charge in [-0.15, -0.1) is 12.4 Å². The molecule has 0 spiro atoms. The minimum absolute atomic E-state index is 0. The molecular weight excluding hydrogens is 381 g/mol. The quantitative estimate of drug-likeness (QED) is 0.834. The molecule has 1 atom stereocenters. The Morgan fingerprint density at radius 2 is 2.00 bits per heavy atom. The molecule has 27 heavy (non-hydrogen) atoms. The van der Waals surface area contributed by atoms with Gasteiger partial charge in [-0.25, -0.2) is 4.39 Å². The molecule has 0 aromatic heterocycles. The molecule has 1 amide bonds. The van der Waals surface area contributed by atoms with E-state index >= 15 is 0 Å². The van der Waals surface area contributed by atoms with E-state index in [1.807, 2.05) is 0 Å². The lowest BCUT2D eigenvalue weighted by Gasteiger charge is -2.36. The Morgan fingerprint density at radius 1 is 1.22 bits per heavy atom. The fourth-order valence-electron chi connectivity index (χ4n) is 3.12. The van der Waals surface area contributed by atoms with E-state index in [0.717, 1.165) is 5.56 Å². The molecule has 2 aromatic rings. The molecular formula is C19H20ClF3N2O2. The molecule has 1 saturated heterocycles. The maximum absolute atomic E-state index is 13.5. The van der Waals surface area contributed by atoms with Crippen LogP contribution >= 0.6 is 12.4 Å². The second kappa shape index (κ2) is 9.62. The SMILES string of the molecule is Cl.O=C(Cc1cccc(OC(F)F)c1)N1CCNCC1c1cccc(F)c1. The van der Waals surface area contributed by atoms with Gasteiger partial charge in [0.2, 0.25) is 5.91 Å². The Morgan fingerprint density at radius 3 is 2.74 bits per heavy atom. The molecule has 2 aromatic carbocycles. The number of benzene rings is 2. The number of nitrogens with one attached hydrogen (secondary N) is 1. The number of piperazine rings is 1. The monoisotopic (exact) mass is 400 g/mol. The standard InChI is InChI=1S/C19H19F3N2O2.ClH/c20-15-5-2-4-14(11-15)17-12-23-7-8-24(17)18(25)10-13-3-1-6-16(9-13)26-19(21)22;/h1-6,9,11,17,19,23H,7-8,10,12H2;1H. The summed E-state index contributed by atoms with van der Waals surface area (Å²) in [6, 6.07) is 12.0. The van der Waals surface area contributed by atoms with Gasteiger partial charge in [-0.2, -0.15) is 8.78 Å². The van der Waals surface area contributed by atoms with E-state index in [-0.39, 0.29) is 42.3 Å². The molecule has 4 nitrogen and oxygen atoms in total. The third kappa shape index (κ3) is 5.61. The van der Waals surface area contributed by atoms with Crippen LogP contribution in [0, 0.1) is 5.82 Å². The van der Waals surface area contributed by atoms with Gasteiger partial charge in [0.05, 0.1) is 12.5 Å². The van der Waals surface area contributed by atoms with Gasteiger partial charge in [0.25, 0.3) is 0 Å². The Labute approximate surface area is 161 Å². The number of rotatable bonds is 5. The minimum atomic E-state index is -2.91. The molecule has 1 aliphatic heterocycles. The number of nitrogens with zero attached hydrogens (tertiary/aromatic N) is 1. The lowest BCUT2D eigenvalue weighted by Crippen LogP contribution is -2.49. The first-order valence-electron chi connectivity index (χ1n) is 8.32. The number of halogens is 4. The van der Waals surface area contributed by atoms with Crippen molar-refractivity contribution < 1.29 is 22.7 Å². The molecule has 1 unspecified atom stereocenters. The third-order valence-corrected chi connectivity index (χ3v) is 4.28. The number of alkyl halides is 2. The van der Waals surface area contributed by atoms with Crippen molar-refractivity contribution in [1.82, 2.24) is 10.2 Å². The Balaban J connectivity index is 0.00000261. The van der Waals surface area contributed by atoms with Crippen LogP contribution in [0.1, 0.15) is 17.2 Å². The van der Waals surface area contributed by atoms with Crippen LogP contribution < -0.4 is 10.1 Å². The number of carbonyl (C=O) groups is 1. The van der Waals surface area contributed by atoms with Crippen molar-refractivity contribution in [2.24, 2.45) is 0 Å². The number of hydrogen-bond acceptors (Lipinski definition) is 3. The zero-order valence-electron chi connectivity index (χ0n) is 14.4. The van der Waals surface area contributed by atoms with Gasteiger partial charge in [0.1, 0.15) is 11.6 Å². The van der Waals surface area contributed by atoms with Crippen LogP contribution in [0.2, 0.25) is 0 Å². The van der Waals surface area contributed by atoms with E-state index in [1.165, 1.54) is 24.3 Å². The molecule has 1 heterocycles. The maximum atomic E-state index is 13.5. The van der Waals surface area contributed by atoms with E-state index in [0.29, 0.717) is 25.2 Å². The van der Waals surface area contributed by atoms with E-state index < -0.39 is 6.61 Å². The summed E-state index contributed by atoms with van der Waals surface area (Å²) in [6.07, 6.45) is 0.0618. The minimum Gasteiger partial charge on any atom is -0.435 e. The molecule has 146 valence electrons. The zero-order valence-corrected chi connectivity index (χ0v) is 15.2. The van der Waals surface area contributed by atoms with Crippen molar-refractivity contribution >= 4 is 18.3 Å². The van der Waals surface area contributed by atoms with E-state index in [4.69, 9.17) is 0 Å². The summed E-state index contributed by atoms with van der Waals surface area (Å²) < 4.78 is 42.6. The summed E-state index contributed by atoms with van der Waals surface area (Å²) >= 11 is 0. The van der Waals surface area contributed by atoms with Crippen LogP contribution in [-0.2, 0) is 11.2 Å². The summed E-state index contributed by atoms with van der Waals surface area (Å²) in [4.78, 5) is 14.5. The largest absolute Gasteiger partial charge is 0.435 e. The summed E-state index contributed by atoms with van der Waals surface area (Å²) in [5.41, 5.74) is 1.31. The molecule has 1 N–H and O–H groups in total. The summed E-state index contributed by atoms with van der Waals surface area (Å²) in [7, 11) is 0. The normalized spacial score (nSPS) is 16.7. The average Bonchev–Trinajstić information content (AvgIpc) is 2.61. The summed E-state index contributed by atoms with van der Waals surface area (Å²) in [5.74, 6) is -0.473. The predicted molar refractivity (Wildman–Crippen MR) is 97.7 cm³/mol. The van der Waals surface area contributed by atoms with Crippen LogP contribution in [0.3, 0.4) is 0 Å². The van der Waals surface area contributed by atoms with Gasteiger partial charge in [-0.3, -0.25) is 4.79 Å². The highest BCUT2D eigenvalue weighted by atomic mass is 35.5. The van der Waals surface area contributed by atoms with Gasteiger partial charge >= 0.3 is 6.61 Å². The van der Waals surface area contributed by atoms with E-state index in [1.54, 1.807) is 29.2 Å². The number of amides is 1. The average molecular weight is 401 g/mol. The Bertz CT molecular complexity index is 776. The van der Waals surface area contributed by atoms with Crippen LogP contribution in [0.15, 0.2) is 48.5 Å². The predicted octanol–water partition coefficient (Wildman–Crippen LogP) is 3.56. The Hall–Kier alpha value is -2.25. The molecule has 1 fully saturated rings. The topological polar surface area (TPSA) is 41.6 Å². The molecule has 0 bridgehead atoms. The number of hydrogen-bond donors (Lipinski definition) is 1. The maximum Gasteiger partial charge on any atom is 0.387 e. The van der Waals surface area contributed by atoms with Gasteiger partial charge in [-0.1, -0.05) is 24.3 Å². The Kier molecular flexibility index (Phi) is 7.50.